The molecule has 1 atom stereocenters. The van der Waals surface area contributed by atoms with E-state index < -0.39 is 5.41 Å². The van der Waals surface area contributed by atoms with Crippen LogP contribution in [0.3, 0.4) is 0 Å². The van der Waals surface area contributed by atoms with Crippen LogP contribution in [-0.4, -0.2) is 49.7 Å². The Morgan fingerprint density at radius 3 is 1.61 bits per heavy atom. The molecule has 0 spiro atoms. The molecule has 0 radical (unpaired) electrons. The third-order valence-electron chi connectivity index (χ3n) is 9.62. The Labute approximate surface area is 288 Å². The molecule has 7 nitrogen and oxygen atoms in total. The fraction of sp³-hybridized carbons (Fsp3) is 0.310. The number of carbonyl (C=O) groups excluding carboxylic acids is 1. The molecule has 5 aromatic carbocycles. The lowest BCUT2D eigenvalue weighted by atomic mass is 9.66. The van der Waals surface area contributed by atoms with Crippen LogP contribution in [0.1, 0.15) is 62.6 Å². The number of ether oxygens (including phenoxy) is 4. The molecule has 0 aliphatic heterocycles. The van der Waals surface area contributed by atoms with Gasteiger partial charge in [0, 0.05) is 14.0 Å². The molecule has 0 saturated carbocycles. The normalized spacial score (nSPS) is 14.9. The Morgan fingerprint density at radius 1 is 0.633 bits per heavy atom. The minimum Gasteiger partial charge on any atom is -0.491 e. The van der Waals surface area contributed by atoms with Crippen LogP contribution in [0.2, 0.25) is 0 Å². The summed E-state index contributed by atoms with van der Waals surface area (Å²) in [6.07, 6.45) is 0. The average Bonchev–Trinajstić information content (AvgIpc) is 3.35. The SMILES string of the molecule is COCCOc1c(C)cc(C2(c3cc(C)c(OCCOC(C)=O)c(C)c3)c3cc(CO)c(CO)cc3-c3cc4ccccc4cc32)cc1C. The fourth-order valence-corrected chi connectivity index (χ4v) is 7.57. The van der Waals surface area contributed by atoms with Gasteiger partial charge < -0.3 is 29.2 Å². The Balaban J connectivity index is 1.68. The van der Waals surface area contributed by atoms with Crippen molar-refractivity contribution in [3.05, 3.63) is 128 Å². The summed E-state index contributed by atoms with van der Waals surface area (Å²) in [6.45, 7) is 10.6. The number of rotatable bonds is 12. The minimum absolute atomic E-state index is 0.169. The predicted molar refractivity (Wildman–Crippen MR) is 192 cm³/mol. The first-order valence-electron chi connectivity index (χ1n) is 16.7. The topological polar surface area (TPSA) is 94.5 Å². The lowest BCUT2D eigenvalue weighted by Crippen LogP contribution is -2.30. The van der Waals surface area contributed by atoms with E-state index in [1.807, 2.05) is 26.0 Å². The number of methoxy groups -OCH3 is 1. The molecule has 2 N–H and O–H groups in total. The van der Waals surface area contributed by atoms with Crippen LogP contribution >= 0.6 is 0 Å². The Hall–Kier alpha value is -4.69. The van der Waals surface area contributed by atoms with Gasteiger partial charge in [-0.3, -0.25) is 4.79 Å². The smallest absolute Gasteiger partial charge is 0.302 e. The van der Waals surface area contributed by atoms with E-state index >= 15 is 0 Å². The molecular weight excluding hydrogens is 616 g/mol. The molecule has 1 aliphatic rings. The number of aliphatic hydroxyl groups is 2. The first-order chi connectivity index (χ1) is 23.6. The van der Waals surface area contributed by atoms with Gasteiger partial charge in [0.2, 0.25) is 0 Å². The zero-order valence-electron chi connectivity index (χ0n) is 29.1. The molecule has 0 amide bonds. The average molecular weight is 661 g/mol. The highest BCUT2D eigenvalue weighted by Gasteiger charge is 2.47. The van der Waals surface area contributed by atoms with Crippen molar-refractivity contribution in [2.45, 2.75) is 53.2 Å². The van der Waals surface area contributed by atoms with E-state index in [1.165, 1.54) is 6.92 Å². The molecule has 1 unspecified atom stereocenters. The summed E-state index contributed by atoms with van der Waals surface area (Å²) >= 11 is 0. The maximum atomic E-state index is 11.3. The molecule has 0 heterocycles. The van der Waals surface area contributed by atoms with Gasteiger partial charge in [-0.05, 0) is 123 Å². The third kappa shape index (κ3) is 6.07. The molecule has 6 rings (SSSR count). The lowest BCUT2D eigenvalue weighted by Gasteiger charge is -2.36. The van der Waals surface area contributed by atoms with Crippen molar-refractivity contribution in [2.75, 3.05) is 33.5 Å². The zero-order chi connectivity index (χ0) is 34.9. The molecule has 0 bridgehead atoms. The van der Waals surface area contributed by atoms with E-state index in [9.17, 15) is 15.0 Å². The Morgan fingerprint density at radius 2 is 1.10 bits per heavy atom. The zero-order valence-corrected chi connectivity index (χ0v) is 29.1. The molecule has 0 aromatic heterocycles. The van der Waals surface area contributed by atoms with E-state index in [-0.39, 0.29) is 32.4 Å². The van der Waals surface area contributed by atoms with E-state index in [0.29, 0.717) is 24.3 Å². The van der Waals surface area contributed by atoms with Crippen LogP contribution in [0.4, 0.5) is 0 Å². The number of esters is 1. The maximum Gasteiger partial charge on any atom is 0.302 e. The van der Waals surface area contributed by atoms with Crippen LogP contribution in [-0.2, 0) is 32.9 Å². The Bertz CT molecular complexity index is 2000. The van der Waals surface area contributed by atoms with Crippen LogP contribution < -0.4 is 9.47 Å². The number of carbonyl (C=O) groups is 1. The van der Waals surface area contributed by atoms with Crippen LogP contribution in [0, 0.1) is 27.7 Å². The molecule has 7 heteroatoms. The van der Waals surface area contributed by atoms with Gasteiger partial charge in [-0.25, -0.2) is 0 Å². The molecule has 0 saturated heterocycles. The number of fused-ring (bicyclic) bond motifs is 4. The van der Waals surface area contributed by atoms with E-state index in [2.05, 4.69) is 74.5 Å². The monoisotopic (exact) mass is 660 g/mol. The van der Waals surface area contributed by atoms with Crippen LogP contribution in [0.5, 0.6) is 11.5 Å². The van der Waals surface area contributed by atoms with Gasteiger partial charge in [0.05, 0.1) is 25.2 Å². The Kier molecular flexibility index (Phi) is 9.79. The van der Waals surface area contributed by atoms with Gasteiger partial charge >= 0.3 is 5.97 Å². The molecular formula is C42H44O7. The molecule has 49 heavy (non-hydrogen) atoms. The van der Waals surface area contributed by atoms with Crippen LogP contribution in [0.15, 0.2) is 72.8 Å². The van der Waals surface area contributed by atoms with E-state index in [1.54, 1.807) is 7.11 Å². The van der Waals surface area contributed by atoms with Crippen molar-refractivity contribution in [3.8, 4) is 22.6 Å². The summed E-state index contributed by atoms with van der Waals surface area (Å²) in [5.41, 5.74) is 10.9. The first-order valence-corrected chi connectivity index (χ1v) is 16.7. The number of hydrogen-bond acceptors (Lipinski definition) is 7. The largest absolute Gasteiger partial charge is 0.491 e. The van der Waals surface area contributed by atoms with Crippen LogP contribution in [0.25, 0.3) is 21.9 Å². The number of aryl methyl sites for hydroxylation is 4. The maximum absolute atomic E-state index is 11.3. The van der Waals surface area contributed by atoms with Crippen molar-refractivity contribution in [3.63, 3.8) is 0 Å². The van der Waals surface area contributed by atoms with Crippen molar-refractivity contribution in [1.82, 2.24) is 0 Å². The van der Waals surface area contributed by atoms with E-state index in [4.69, 9.17) is 18.9 Å². The third-order valence-corrected chi connectivity index (χ3v) is 9.62. The minimum atomic E-state index is -0.793. The number of hydrogen-bond donors (Lipinski definition) is 2. The van der Waals surface area contributed by atoms with E-state index in [0.717, 1.165) is 77.9 Å². The molecule has 0 fully saturated rings. The van der Waals surface area contributed by atoms with Gasteiger partial charge in [0.25, 0.3) is 0 Å². The highest BCUT2D eigenvalue weighted by Crippen LogP contribution is 2.58. The number of benzene rings is 5. The summed E-state index contributed by atoms with van der Waals surface area (Å²) in [7, 11) is 1.66. The highest BCUT2D eigenvalue weighted by molar-refractivity contribution is 5.96. The quantitative estimate of drug-likeness (QED) is 0.104. The summed E-state index contributed by atoms with van der Waals surface area (Å²) in [5.74, 6) is 1.25. The van der Waals surface area contributed by atoms with Crippen molar-refractivity contribution >= 4 is 16.7 Å². The highest BCUT2D eigenvalue weighted by atomic mass is 16.6. The van der Waals surface area contributed by atoms with Gasteiger partial charge in [0.1, 0.15) is 31.3 Å². The standard InChI is InChI=1S/C42H44O7/c1-25-15-34(16-26(2)40(25)48-12-11-46-6)42(35-17-27(3)41(28(4)18-35)49-14-13-47-29(5)45)38-21-31-10-8-7-9-30(31)19-36(38)37-20-32(23-43)33(24-44)22-39(37)42/h7-10,15-22,43-44H,11-14,23-24H2,1-6H3. The van der Waals surface area contributed by atoms with Crippen molar-refractivity contribution < 1.29 is 34.0 Å². The summed E-state index contributed by atoms with van der Waals surface area (Å²) < 4.78 is 22.8. The van der Waals surface area contributed by atoms with Gasteiger partial charge in [0.15, 0.2) is 0 Å². The second kappa shape index (κ2) is 14.0. The second-order valence-electron chi connectivity index (χ2n) is 12.9. The molecule has 254 valence electrons. The van der Waals surface area contributed by atoms with Gasteiger partial charge in [-0.2, -0.15) is 0 Å². The van der Waals surface area contributed by atoms with Gasteiger partial charge in [-0.1, -0.05) is 54.6 Å². The predicted octanol–water partition coefficient (Wildman–Crippen LogP) is 7.39. The molecule has 5 aromatic rings. The summed E-state index contributed by atoms with van der Waals surface area (Å²) in [6, 6.07) is 25.9. The second-order valence-corrected chi connectivity index (χ2v) is 12.9. The summed E-state index contributed by atoms with van der Waals surface area (Å²) in [4.78, 5) is 11.3. The first kappa shape index (κ1) is 34.2. The summed E-state index contributed by atoms with van der Waals surface area (Å²) in [5, 5.41) is 23.2. The number of aliphatic hydroxyl groups excluding tert-OH is 2. The fourth-order valence-electron chi connectivity index (χ4n) is 7.57. The molecule has 1 aliphatic carbocycles. The lowest BCUT2D eigenvalue weighted by molar-refractivity contribution is -0.141. The van der Waals surface area contributed by atoms with Gasteiger partial charge in [-0.15, -0.1) is 0 Å². The van der Waals surface area contributed by atoms with Crippen molar-refractivity contribution in [2.24, 2.45) is 0 Å². The van der Waals surface area contributed by atoms with Crippen molar-refractivity contribution in [1.29, 1.82) is 0 Å².